The van der Waals surface area contributed by atoms with Crippen molar-refractivity contribution in [1.82, 2.24) is 4.90 Å². The minimum absolute atomic E-state index is 0.0928. The fourth-order valence-electron chi connectivity index (χ4n) is 0.695. The van der Waals surface area contributed by atoms with Crippen molar-refractivity contribution in [2.75, 3.05) is 13.1 Å². The quantitative estimate of drug-likeness (QED) is 0.429. The molecule has 0 aromatic carbocycles. The molecule has 60 valence electrons. The second-order valence-electron chi connectivity index (χ2n) is 2.02. The van der Waals surface area contributed by atoms with Crippen molar-refractivity contribution in [2.24, 2.45) is 0 Å². The van der Waals surface area contributed by atoms with Crippen LogP contribution >= 0.6 is 0 Å². The number of hydrogen-bond acceptors (Lipinski definition) is 1. The molecule has 0 aromatic rings. The Hall–Kier alpha value is -1.31. The van der Waals surface area contributed by atoms with Crippen LogP contribution in [0.15, 0.2) is 38.0 Å². The van der Waals surface area contributed by atoms with Crippen molar-refractivity contribution in [3.05, 3.63) is 38.0 Å². The number of carbonyl (C=O) groups excluding carboxylic acids is 1. The van der Waals surface area contributed by atoms with Crippen molar-refractivity contribution in [2.45, 2.75) is 0 Å². The first-order valence-electron chi connectivity index (χ1n) is 3.39. The maximum atomic E-state index is 11.0. The second-order valence-corrected chi connectivity index (χ2v) is 2.02. The Morgan fingerprint density at radius 3 is 1.91 bits per heavy atom. The normalized spacial score (nSPS) is 8.36. The predicted molar refractivity (Wildman–Crippen MR) is 47.2 cm³/mol. The fraction of sp³-hybridized carbons (Fsp3) is 0.222. The minimum Gasteiger partial charge on any atom is -0.332 e. The summed E-state index contributed by atoms with van der Waals surface area (Å²) >= 11 is 0. The van der Waals surface area contributed by atoms with Gasteiger partial charge in [-0.3, -0.25) is 4.79 Å². The van der Waals surface area contributed by atoms with Gasteiger partial charge >= 0.3 is 0 Å². The molecule has 2 nitrogen and oxygen atoms in total. The third-order valence-electron chi connectivity index (χ3n) is 1.19. The van der Waals surface area contributed by atoms with Gasteiger partial charge in [-0.1, -0.05) is 18.7 Å². The van der Waals surface area contributed by atoms with E-state index in [0.29, 0.717) is 13.1 Å². The fourth-order valence-corrected chi connectivity index (χ4v) is 0.695. The van der Waals surface area contributed by atoms with E-state index < -0.39 is 0 Å². The van der Waals surface area contributed by atoms with E-state index in [1.54, 1.807) is 17.1 Å². The molecule has 0 bridgehead atoms. The zero-order valence-electron chi connectivity index (χ0n) is 6.62. The average Bonchev–Trinajstić information content (AvgIpc) is 2.03. The van der Waals surface area contributed by atoms with Gasteiger partial charge in [-0.25, -0.2) is 0 Å². The van der Waals surface area contributed by atoms with Crippen LogP contribution in [0.5, 0.6) is 0 Å². The Morgan fingerprint density at radius 2 is 1.64 bits per heavy atom. The standard InChI is InChI=1S/C9H13NO/c1-4-7-10(8-5-2)9(11)6-3/h4-6H,1-3,7-8H2. The van der Waals surface area contributed by atoms with Crippen LogP contribution in [0.4, 0.5) is 0 Å². The van der Waals surface area contributed by atoms with Crippen LogP contribution < -0.4 is 0 Å². The maximum absolute atomic E-state index is 11.0. The van der Waals surface area contributed by atoms with Crippen LogP contribution in [0.2, 0.25) is 0 Å². The first-order chi connectivity index (χ1) is 5.26. The number of hydrogen-bond donors (Lipinski definition) is 0. The van der Waals surface area contributed by atoms with Gasteiger partial charge in [0.15, 0.2) is 0 Å². The van der Waals surface area contributed by atoms with E-state index in [1.165, 1.54) is 6.08 Å². The zero-order chi connectivity index (χ0) is 8.69. The van der Waals surface area contributed by atoms with Gasteiger partial charge in [-0.15, -0.1) is 13.2 Å². The summed E-state index contributed by atoms with van der Waals surface area (Å²) in [6, 6.07) is 0. The minimum atomic E-state index is -0.0928. The highest BCUT2D eigenvalue weighted by atomic mass is 16.2. The zero-order valence-corrected chi connectivity index (χ0v) is 6.62. The molecule has 0 saturated heterocycles. The molecule has 0 unspecified atom stereocenters. The Bertz CT molecular complexity index is 162. The summed E-state index contributed by atoms with van der Waals surface area (Å²) in [6.07, 6.45) is 4.63. The summed E-state index contributed by atoms with van der Waals surface area (Å²) in [6.45, 7) is 11.5. The molecule has 0 radical (unpaired) electrons. The molecule has 1 amide bonds. The Morgan fingerprint density at radius 1 is 1.18 bits per heavy atom. The molecule has 0 atom stereocenters. The summed E-state index contributed by atoms with van der Waals surface area (Å²) in [5.41, 5.74) is 0. The highest BCUT2D eigenvalue weighted by Gasteiger charge is 2.04. The smallest absolute Gasteiger partial charge is 0.246 e. The van der Waals surface area contributed by atoms with Gasteiger partial charge in [0.05, 0.1) is 0 Å². The van der Waals surface area contributed by atoms with Crippen molar-refractivity contribution >= 4 is 5.91 Å². The summed E-state index contributed by atoms with van der Waals surface area (Å²) in [5, 5.41) is 0. The van der Waals surface area contributed by atoms with E-state index in [0.717, 1.165) is 0 Å². The third-order valence-corrected chi connectivity index (χ3v) is 1.19. The molecule has 0 aliphatic carbocycles. The van der Waals surface area contributed by atoms with E-state index in [9.17, 15) is 4.79 Å². The van der Waals surface area contributed by atoms with E-state index >= 15 is 0 Å². The molecule has 0 rings (SSSR count). The lowest BCUT2D eigenvalue weighted by Crippen LogP contribution is -2.29. The van der Waals surface area contributed by atoms with E-state index in [2.05, 4.69) is 19.7 Å². The molecule has 0 N–H and O–H groups in total. The molecule has 2 heteroatoms. The summed E-state index contributed by atoms with van der Waals surface area (Å²) in [5.74, 6) is -0.0928. The number of carbonyl (C=O) groups is 1. The molecule has 0 aliphatic rings. The SMILES string of the molecule is C=CCN(CC=C)C(=O)C=C. The Kier molecular flexibility index (Phi) is 4.82. The highest BCUT2D eigenvalue weighted by Crippen LogP contribution is 1.90. The number of amides is 1. The predicted octanol–water partition coefficient (Wildman–Crippen LogP) is 1.37. The van der Waals surface area contributed by atoms with Gasteiger partial charge in [-0.2, -0.15) is 0 Å². The lowest BCUT2D eigenvalue weighted by atomic mass is 10.4. The molecule has 0 spiro atoms. The first-order valence-corrected chi connectivity index (χ1v) is 3.39. The number of nitrogens with zero attached hydrogens (tertiary/aromatic N) is 1. The molecular weight excluding hydrogens is 138 g/mol. The molecule has 0 aromatic heterocycles. The Balaban J connectivity index is 4.06. The van der Waals surface area contributed by atoms with Gasteiger partial charge < -0.3 is 4.90 Å². The van der Waals surface area contributed by atoms with Crippen molar-refractivity contribution in [3.8, 4) is 0 Å². The van der Waals surface area contributed by atoms with Crippen LogP contribution in [0.1, 0.15) is 0 Å². The number of rotatable bonds is 5. The Labute approximate surface area is 67.5 Å². The first kappa shape index (κ1) is 9.69. The van der Waals surface area contributed by atoms with Gasteiger partial charge in [0.1, 0.15) is 0 Å². The van der Waals surface area contributed by atoms with Crippen molar-refractivity contribution in [1.29, 1.82) is 0 Å². The van der Waals surface area contributed by atoms with Crippen LogP contribution in [0, 0.1) is 0 Å². The monoisotopic (exact) mass is 151 g/mol. The maximum Gasteiger partial charge on any atom is 0.246 e. The summed E-state index contributed by atoms with van der Waals surface area (Å²) in [4.78, 5) is 12.6. The molecule has 0 fully saturated rings. The highest BCUT2D eigenvalue weighted by molar-refractivity contribution is 5.87. The van der Waals surface area contributed by atoms with E-state index in [-0.39, 0.29) is 5.91 Å². The van der Waals surface area contributed by atoms with Crippen LogP contribution in [-0.2, 0) is 4.79 Å². The molecule has 0 saturated carbocycles. The van der Waals surface area contributed by atoms with Gasteiger partial charge in [-0.05, 0) is 6.08 Å². The summed E-state index contributed by atoms with van der Waals surface area (Å²) in [7, 11) is 0. The molecule has 0 aliphatic heterocycles. The van der Waals surface area contributed by atoms with Crippen LogP contribution in [0.3, 0.4) is 0 Å². The van der Waals surface area contributed by atoms with Crippen LogP contribution in [0.25, 0.3) is 0 Å². The van der Waals surface area contributed by atoms with Crippen molar-refractivity contribution < 1.29 is 4.79 Å². The van der Waals surface area contributed by atoms with E-state index in [4.69, 9.17) is 0 Å². The second kappa shape index (κ2) is 5.47. The lowest BCUT2D eigenvalue weighted by molar-refractivity contribution is -0.125. The van der Waals surface area contributed by atoms with Crippen molar-refractivity contribution in [3.63, 3.8) is 0 Å². The molecular formula is C9H13NO. The third kappa shape index (κ3) is 3.40. The van der Waals surface area contributed by atoms with Crippen LogP contribution in [-0.4, -0.2) is 23.9 Å². The molecule has 11 heavy (non-hydrogen) atoms. The largest absolute Gasteiger partial charge is 0.332 e. The molecule has 0 heterocycles. The topological polar surface area (TPSA) is 20.3 Å². The average molecular weight is 151 g/mol. The van der Waals surface area contributed by atoms with Gasteiger partial charge in [0.2, 0.25) is 5.91 Å². The summed E-state index contributed by atoms with van der Waals surface area (Å²) < 4.78 is 0. The lowest BCUT2D eigenvalue weighted by Gasteiger charge is -2.16. The van der Waals surface area contributed by atoms with Gasteiger partial charge in [0.25, 0.3) is 0 Å². The van der Waals surface area contributed by atoms with E-state index in [1.807, 2.05) is 0 Å². The van der Waals surface area contributed by atoms with Gasteiger partial charge in [0, 0.05) is 13.1 Å².